The number of carbonyl (C=O) groups is 1. The number of carbonyl (C=O) groups excluding carboxylic acids is 1. The average molecular weight is 444 g/mol. The Balaban J connectivity index is 1.33. The summed E-state index contributed by atoms with van der Waals surface area (Å²) >= 11 is 0. The van der Waals surface area contributed by atoms with E-state index < -0.39 is 0 Å². The molecule has 0 atom stereocenters. The topological polar surface area (TPSA) is 47.6 Å². The van der Waals surface area contributed by atoms with Crippen molar-refractivity contribution in [3.05, 3.63) is 41.7 Å². The van der Waals surface area contributed by atoms with E-state index in [1.165, 1.54) is 5.56 Å². The monoisotopic (exact) mass is 443 g/mol. The highest BCUT2D eigenvalue weighted by molar-refractivity contribution is 5.83. The summed E-state index contributed by atoms with van der Waals surface area (Å²) in [5.41, 5.74) is 2.18. The quantitative estimate of drug-likeness (QED) is 0.548. The fraction of sp³-hybridized carbons (Fsp3) is 0.667. The molecule has 176 valence electrons. The van der Waals surface area contributed by atoms with Gasteiger partial charge < -0.3 is 14.8 Å². The molecule has 3 aliphatic carbocycles. The van der Waals surface area contributed by atoms with Crippen molar-refractivity contribution in [1.29, 1.82) is 0 Å². The first-order chi connectivity index (χ1) is 15.4. The molecule has 0 spiro atoms. The first-order valence-corrected chi connectivity index (χ1v) is 12.3. The third kappa shape index (κ3) is 4.73. The van der Waals surface area contributed by atoms with E-state index in [4.69, 9.17) is 9.47 Å². The molecule has 4 aliphatic rings. The molecule has 1 aliphatic heterocycles. The second kappa shape index (κ2) is 9.54. The Bertz CT molecular complexity index is 801. The summed E-state index contributed by atoms with van der Waals surface area (Å²) in [6.45, 7) is 6.85. The molecule has 0 radical (unpaired) electrons. The summed E-state index contributed by atoms with van der Waals surface area (Å²) in [6, 6.07) is 8.36. The highest BCUT2D eigenvalue weighted by Gasteiger charge is 2.53. The summed E-state index contributed by atoms with van der Waals surface area (Å²) in [5.74, 6) is 1.05. The number of amides is 1. The van der Waals surface area contributed by atoms with Crippen LogP contribution < -0.4 is 10.1 Å². The molecule has 4 nitrogen and oxygen atoms in total. The van der Waals surface area contributed by atoms with Crippen molar-refractivity contribution in [2.75, 3.05) is 26.4 Å². The van der Waals surface area contributed by atoms with Gasteiger partial charge in [-0.15, -0.1) is 0 Å². The van der Waals surface area contributed by atoms with Gasteiger partial charge in [0, 0.05) is 25.2 Å². The first kappa shape index (κ1) is 23.3. The van der Waals surface area contributed by atoms with Crippen LogP contribution in [0.1, 0.15) is 77.2 Å². The summed E-state index contributed by atoms with van der Waals surface area (Å²) in [6.07, 6.45) is 9.45. The van der Waals surface area contributed by atoms with Gasteiger partial charge in [-0.1, -0.05) is 26.0 Å². The molecule has 5 heteroatoms. The van der Waals surface area contributed by atoms with Crippen LogP contribution in [0.4, 0.5) is 4.39 Å². The van der Waals surface area contributed by atoms with Crippen molar-refractivity contribution in [3.63, 3.8) is 0 Å². The molecule has 4 fully saturated rings. The van der Waals surface area contributed by atoms with Crippen LogP contribution in [0.3, 0.4) is 0 Å². The Morgan fingerprint density at radius 1 is 1.06 bits per heavy atom. The summed E-state index contributed by atoms with van der Waals surface area (Å²) in [7, 11) is 0. The van der Waals surface area contributed by atoms with Gasteiger partial charge in [0.25, 0.3) is 0 Å². The molecule has 2 bridgehead atoms. The minimum atomic E-state index is -0.179. The molecular formula is C27H38FNO3. The van der Waals surface area contributed by atoms with E-state index >= 15 is 0 Å². The van der Waals surface area contributed by atoms with E-state index in [9.17, 15) is 9.18 Å². The second-order valence-corrected chi connectivity index (χ2v) is 10.6. The molecule has 3 saturated carbocycles. The molecule has 0 unspecified atom stereocenters. The summed E-state index contributed by atoms with van der Waals surface area (Å²) in [5, 5.41) is 3.33. The highest BCUT2D eigenvalue weighted by atomic mass is 19.1. The fourth-order valence-electron chi connectivity index (χ4n) is 5.77. The van der Waals surface area contributed by atoms with Crippen molar-refractivity contribution >= 4 is 5.91 Å². The maximum absolute atomic E-state index is 13.2. The lowest BCUT2D eigenvalue weighted by Crippen LogP contribution is -2.53. The normalized spacial score (nSPS) is 29.5. The molecule has 1 aromatic rings. The number of ether oxygens (including phenoxy) is 2. The molecule has 1 aromatic carbocycles. The third-order valence-corrected chi connectivity index (χ3v) is 8.60. The second-order valence-electron chi connectivity index (χ2n) is 10.6. The number of nitrogens with one attached hydrogen (secondary N) is 1. The van der Waals surface area contributed by atoms with E-state index in [0.717, 1.165) is 76.9 Å². The van der Waals surface area contributed by atoms with Crippen molar-refractivity contribution < 1.29 is 18.7 Å². The summed E-state index contributed by atoms with van der Waals surface area (Å²) < 4.78 is 24.0. The van der Waals surface area contributed by atoms with E-state index in [1.807, 2.05) is 19.1 Å². The van der Waals surface area contributed by atoms with Crippen LogP contribution >= 0.6 is 0 Å². The van der Waals surface area contributed by atoms with Crippen molar-refractivity contribution in [3.8, 4) is 5.75 Å². The van der Waals surface area contributed by atoms with E-state index in [-0.39, 0.29) is 22.2 Å². The third-order valence-electron chi connectivity index (χ3n) is 8.60. The van der Waals surface area contributed by atoms with Crippen LogP contribution in [-0.4, -0.2) is 32.3 Å². The van der Waals surface area contributed by atoms with Crippen molar-refractivity contribution in [2.45, 2.75) is 77.0 Å². The van der Waals surface area contributed by atoms with Gasteiger partial charge in [0.1, 0.15) is 12.4 Å². The average Bonchev–Trinajstić information content (AvgIpc) is 2.85. The van der Waals surface area contributed by atoms with Gasteiger partial charge in [-0.25, -0.2) is 4.39 Å². The fourth-order valence-corrected chi connectivity index (χ4v) is 5.77. The van der Waals surface area contributed by atoms with E-state index in [1.54, 1.807) is 0 Å². The Morgan fingerprint density at radius 3 is 2.25 bits per heavy atom. The molecule has 32 heavy (non-hydrogen) atoms. The van der Waals surface area contributed by atoms with Gasteiger partial charge in [-0.3, -0.25) is 4.79 Å². The molecular weight excluding hydrogens is 405 g/mol. The lowest BCUT2D eigenvalue weighted by Gasteiger charge is -2.53. The minimum absolute atomic E-state index is 0.166. The zero-order valence-electron chi connectivity index (χ0n) is 19.7. The van der Waals surface area contributed by atoms with Crippen molar-refractivity contribution in [1.82, 2.24) is 5.32 Å². The molecule has 5 rings (SSSR count). The van der Waals surface area contributed by atoms with Gasteiger partial charge in [-0.2, -0.15) is 0 Å². The van der Waals surface area contributed by atoms with Gasteiger partial charge in [0.05, 0.1) is 6.33 Å². The summed E-state index contributed by atoms with van der Waals surface area (Å²) in [4.78, 5) is 13.2. The zero-order valence-corrected chi connectivity index (χ0v) is 19.7. The lowest BCUT2D eigenvalue weighted by molar-refractivity contribution is -0.138. The van der Waals surface area contributed by atoms with Gasteiger partial charge in [0.2, 0.25) is 5.91 Å². The highest BCUT2D eigenvalue weighted by Crippen LogP contribution is 2.58. The molecule has 1 N–H and O–H groups in total. The van der Waals surface area contributed by atoms with Crippen LogP contribution in [0.15, 0.2) is 36.2 Å². The van der Waals surface area contributed by atoms with Gasteiger partial charge >= 0.3 is 0 Å². The Hall–Kier alpha value is -1.88. The molecule has 1 saturated heterocycles. The largest absolute Gasteiger partial charge is 0.489 e. The van der Waals surface area contributed by atoms with Gasteiger partial charge in [0.15, 0.2) is 0 Å². The number of halogens is 1. The SMILES string of the molecule is CC/C(=C\F)COc1ccc(C23CCC(C(=O)NCC4(C)CCOCC4)(CC2)CC3)cc1. The van der Waals surface area contributed by atoms with Crippen LogP contribution in [0.25, 0.3) is 0 Å². The van der Waals surface area contributed by atoms with Crippen LogP contribution in [-0.2, 0) is 14.9 Å². The van der Waals surface area contributed by atoms with E-state index in [0.29, 0.717) is 24.9 Å². The Kier molecular flexibility index (Phi) is 6.94. The van der Waals surface area contributed by atoms with Gasteiger partial charge in [-0.05, 0) is 91.9 Å². The number of benzene rings is 1. The Morgan fingerprint density at radius 2 is 1.69 bits per heavy atom. The number of hydrogen-bond donors (Lipinski definition) is 1. The smallest absolute Gasteiger partial charge is 0.226 e. The van der Waals surface area contributed by atoms with Crippen LogP contribution in [0, 0.1) is 10.8 Å². The number of rotatable bonds is 8. The van der Waals surface area contributed by atoms with E-state index in [2.05, 4.69) is 24.4 Å². The minimum Gasteiger partial charge on any atom is -0.489 e. The Labute approximate surface area is 191 Å². The molecule has 1 amide bonds. The molecule has 1 heterocycles. The predicted molar refractivity (Wildman–Crippen MR) is 124 cm³/mol. The standard InChI is InChI=1S/C27H38FNO3/c1-3-21(18-28)19-32-23-6-4-22(5-7-23)26-8-11-27(12-9-26,13-10-26)24(30)29-20-25(2)14-16-31-17-15-25/h4-7,18H,3,8-17,19-20H2,1-2H3,(H,29,30)/b21-18+. The zero-order chi connectivity index (χ0) is 22.7. The molecule has 0 aromatic heterocycles. The maximum Gasteiger partial charge on any atom is 0.226 e. The van der Waals surface area contributed by atoms with Crippen LogP contribution in [0.2, 0.25) is 0 Å². The number of hydrogen-bond acceptors (Lipinski definition) is 3. The predicted octanol–water partition coefficient (Wildman–Crippen LogP) is 5.85. The first-order valence-electron chi connectivity index (χ1n) is 12.3. The van der Waals surface area contributed by atoms with Crippen LogP contribution in [0.5, 0.6) is 5.75 Å². The van der Waals surface area contributed by atoms with Crippen molar-refractivity contribution in [2.24, 2.45) is 10.8 Å². The maximum atomic E-state index is 13.2. The number of fused-ring (bicyclic) bond motifs is 3. The lowest BCUT2D eigenvalue weighted by atomic mass is 9.51.